The van der Waals surface area contributed by atoms with Gasteiger partial charge in [0.25, 0.3) is 0 Å². The van der Waals surface area contributed by atoms with Gasteiger partial charge in [0, 0.05) is 21.9 Å². The van der Waals surface area contributed by atoms with Crippen LogP contribution < -0.4 is 4.74 Å². The fraction of sp³-hybridized carbons (Fsp3) is 0.0714. The highest BCUT2D eigenvalue weighted by Crippen LogP contribution is 2.37. The van der Waals surface area contributed by atoms with Crippen molar-refractivity contribution in [1.29, 1.82) is 0 Å². The van der Waals surface area contributed by atoms with E-state index in [1.807, 2.05) is 0 Å². The van der Waals surface area contributed by atoms with Crippen LogP contribution in [-0.4, -0.2) is 11.1 Å². The van der Waals surface area contributed by atoms with Gasteiger partial charge in [0.05, 0.1) is 0 Å². The molecule has 2 rings (SSSR count). The summed E-state index contributed by atoms with van der Waals surface area (Å²) < 4.78 is 5.19. The minimum Gasteiger partial charge on any atom is -0.507 e. The largest absolute Gasteiger partial charge is 0.507 e. The minimum absolute atomic E-state index is 0.100. The van der Waals surface area contributed by atoms with Crippen molar-refractivity contribution in [3.05, 3.63) is 47.5 Å². The molecule has 0 aromatic heterocycles. The number of halogens is 1. The van der Waals surface area contributed by atoms with E-state index >= 15 is 0 Å². The summed E-state index contributed by atoms with van der Waals surface area (Å²) >= 11 is 5.88. The number of carbonyl (C=O) groups is 1. The van der Waals surface area contributed by atoms with E-state index in [1.165, 1.54) is 6.07 Å². The second-order valence-electron chi connectivity index (χ2n) is 3.86. The molecule has 0 fully saturated rings. The van der Waals surface area contributed by atoms with Gasteiger partial charge in [0.2, 0.25) is 0 Å². The molecule has 0 aliphatic heterocycles. The van der Waals surface area contributed by atoms with Crippen molar-refractivity contribution in [3.63, 3.8) is 0 Å². The Labute approximate surface area is 109 Å². The molecular weight excluding hydrogens is 252 g/mol. The van der Waals surface area contributed by atoms with E-state index in [9.17, 15) is 9.90 Å². The summed E-state index contributed by atoms with van der Waals surface area (Å²) in [6.07, 6.45) is 1.09. The van der Waals surface area contributed by atoms with E-state index in [4.69, 9.17) is 16.3 Å². The summed E-state index contributed by atoms with van der Waals surface area (Å²) in [6.45, 7) is 5.10. The summed E-state index contributed by atoms with van der Waals surface area (Å²) in [5.41, 5.74) is 0.664. The number of hydrogen-bond donors (Lipinski definition) is 1. The number of fused-ring (bicyclic) bond motifs is 1. The van der Waals surface area contributed by atoms with Crippen molar-refractivity contribution in [2.45, 2.75) is 6.92 Å². The maximum absolute atomic E-state index is 11.3. The first-order valence-corrected chi connectivity index (χ1v) is 5.67. The van der Waals surface area contributed by atoms with Crippen LogP contribution in [0.5, 0.6) is 11.5 Å². The quantitative estimate of drug-likeness (QED) is 0.511. The Balaban J connectivity index is 2.71. The van der Waals surface area contributed by atoms with E-state index in [0.29, 0.717) is 27.1 Å². The summed E-state index contributed by atoms with van der Waals surface area (Å²) in [4.78, 5) is 11.3. The second kappa shape index (κ2) is 4.70. The third kappa shape index (κ3) is 2.17. The molecule has 0 saturated carbocycles. The van der Waals surface area contributed by atoms with Crippen LogP contribution in [0.4, 0.5) is 0 Å². The molecule has 4 heteroatoms. The fourth-order valence-corrected chi connectivity index (χ4v) is 1.94. The highest BCUT2D eigenvalue weighted by atomic mass is 35.5. The van der Waals surface area contributed by atoms with E-state index in [-0.39, 0.29) is 5.75 Å². The Morgan fingerprint density at radius 1 is 1.39 bits per heavy atom. The normalized spacial score (nSPS) is 10.3. The first kappa shape index (κ1) is 12.5. The predicted octanol–water partition coefficient (Wildman–Crippen LogP) is 3.60. The lowest BCUT2D eigenvalue weighted by Gasteiger charge is -2.11. The molecule has 92 valence electrons. The smallest absolute Gasteiger partial charge is 0.335 e. The van der Waals surface area contributed by atoms with Crippen molar-refractivity contribution < 1.29 is 14.6 Å². The van der Waals surface area contributed by atoms with E-state index in [1.54, 1.807) is 25.1 Å². The fourth-order valence-electron chi connectivity index (χ4n) is 1.76. The summed E-state index contributed by atoms with van der Waals surface area (Å²) in [7, 11) is 0. The Bertz CT molecular complexity index is 647. The molecule has 0 spiro atoms. The number of aryl methyl sites for hydroxylation is 1. The molecule has 18 heavy (non-hydrogen) atoms. The van der Waals surface area contributed by atoms with Gasteiger partial charge in [-0.25, -0.2) is 4.79 Å². The van der Waals surface area contributed by atoms with Crippen molar-refractivity contribution in [1.82, 2.24) is 0 Å². The molecule has 0 bridgehead atoms. The van der Waals surface area contributed by atoms with Crippen LogP contribution in [0.3, 0.4) is 0 Å². The summed E-state index contributed by atoms with van der Waals surface area (Å²) in [5, 5.41) is 11.5. The number of phenolic OH excluding ortho intramolecular Hbond substituents is 1. The maximum atomic E-state index is 11.3. The first-order valence-electron chi connectivity index (χ1n) is 5.29. The number of esters is 1. The number of carbonyl (C=O) groups excluding carboxylic acids is 1. The van der Waals surface area contributed by atoms with E-state index in [0.717, 1.165) is 6.08 Å². The third-order valence-corrected chi connectivity index (χ3v) is 2.82. The first-order chi connectivity index (χ1) is 8.52. The topological polar surface area (TPSA) is 46.5 Å². The van der Waals surface area contributed by atoms with Crippen LogP contribution in [0, 0.1) is 6.92 Å². The molecule has 0 atom stereocenters. The van der Waals surface area contributed by atoms with Crippen molar-refractivity contribution in [2.75, 3.05) is 0 Å². The highest BCUT2D eigenvalue weighted by molar-refractivity contribution is 6.31. The van der Waals surface area contributed by atoms with Crippen LogP contribution in [0.1, 0.15) is 5.56 Å². The molecule has 2 aromatic carbocycles. The molecule has 0 heterocycles. The molecule has 3 nitrogen and oxygen atoms in total. The zero-order valence-electron chi connectivity index (χ0n) is 9.74. The zero-order valence-corrected chi connectivity index (χ0v) is 10.5. The number of phenols is 1. The number of aromatic hydroxyl groups is 1. The Morgan fingerprint density at radius 2 is 2.11 bits per heavy atom. The molecule has 1 N–H and O–H groups in total. The molecule has 0 unspecified atom stereocenters. The van der Waals surface area contributed by atoms with E-state index in [2.05, 4.69) is 6.58 Å². The lowest BCUT2D eigenvalue weighted by molar-refractivity contribution is -0.128. The van der Waals surface area contributed by atoms with Gasteiger partial charge in [-0.15, -0.1) is 0 Å². The summed E-state index contributed by atoms with van der Waals surface area (Å²) in [6, 6.07) is 6.53. The average molecular weight is 263 g/mol. The molecule has 0 aliphatic carbocycles. The van der Waals surface area contributed by atoms with Gasteiger partial charge >= 0.3 is 5.97 Å². The number of rotatable bonds is 2. The van der Waals surface area contributed by atoms with Crippen LogP contribution in [0.15, 0.2) is 36.9 Å². The van der Waals surface area contributed by atoms with Crippen LogP contribution in [0.2, 0.25) is 5.02 Å². The minimum atomic E-state index is -0.542. The van der Waals surface area contributed by atoms with Crippen molar-refractivity contribution in [2.24, 2.45) is 0 Å². The highest BCUT2D eigenvalue weighted by Gasteiger charge is 2.13. The monoisotopic (exact) mass is 262 g/mol. The van der Waals surface area contributed by atoms with Gasteiger partial charge in [-0.1, -0.05) is 18.2 Å². The SMILES string of the molecule is C=CC(=O)Oc1c(C)cc(O)c2cc(Cl)ccc12. The van der Waals surface area contributed by atoms with Gasteiger partial charge < -0.3 is 9.84 Å². The predicted molar refractivity (Wildman–Crippen MR) is 71.2 cm³/mol. The molecule has 2 aromatic rings. The van der Waals surface area contributed by atoms with Gasteiger partial charge in [-0.2, -0.15) is 0 Å². The van der Waals surface area contributed by atoms with Crippen LogP contribution in [0.25, 0.3) is 10.8 Å². The lowest BCUT2D eigenvalue weighted by Crippen LogP contribution is -2.04. The molecular formula is C14H11ClO3. The number of hydrogen-bond acceptors (Lipinski definition) is 3. The standard InChI is InChI=1S/C14H11ClO3/c1-3-13(17)18-14-8(2)6-12(16)11-7-9(15)4-5-10(11)14/h3-7,16H,1H2,2H3. The Kier molecular flexibility index (Phi) is 3.26. The molecule has 0 aliphatic rings. The van der Waals surface area contributed by atoms with Gasteiger partial charge in [0.15, 0.2) is 0 Å². The second-order valence-corrected chi connectivity index (χ2v) is 4.29. The maximum Gasteiger partial charge on any atom is 0.335 e. The van der Waals surface area contributed by atoms with Crippen molar-refractivity contribution >= 4 is 28.3 Å². The average Bonchev–Trinajstić information content (AvgIpc) is 2.34. The summed E-state index contributed by atoms with van der Waals surface area (Å²) in [5.74, 6) is -0.0344. The number of benzene rings is 2. The zero-order chi connectivity index (χ0) is 13.3. The molecule has 0 saturated heterocycles. The van der Waals surface area contributed by atoms with E-state index < -0.39 is 5.97 Å². The lowest BCUT2D eigenvalue weighted by atomic mass is 10.0. The molecule has 0 radical (unpaired) electrons. The Hall–Kier alpha value is -2.00. The van der Waals surface area contributed by atoms with Crippen molar-refractivity contribution in [3.8, 4) is 11.5 Å². The Morgan fingerprint density at radius 3 is 2.78 bits per heavy atom. The molecule has 0 amide bonds. The van der Waals surface area contributed by atoms with Crippen LogP contribution in [-0.2, 0) is 4.79 Å². The van der Waals surface area contributed by atoms with Crippen LogP contribution >= 0.6 is 11.6 Å². The van der Waals surface area contributed by atoms with Gasteiger partial charge in [0.1, 0.15) is 11.5 Å². The number of ether oxygens (including phenoxy) is 1. The van der Waals surface area contributed by atoms with Gasteiger partial charge in [-0.05, 0) is 36.8 Å². The third-order valence-electron chi connectivity index (χ3n) is 2.58. The van der Waals surface area contributed by atoms with Gasteiger partial charge in [-0.3, -0.25) is 0 Å².